The van der Waals surface area contributed by atoms with Crippen molar-refractivity contribution in [2.75, 3.05) is 5.32 Å². The van der Waals surface area contributed by atoms with E-state index in [1.54, 1.807) is 10.9 Å². The summed E-state index contributed by atoms with van der Waals surface area (Å²) in [5, 5.41) is 16.7. The standard InChI is InChI=1S/C19H22F3N3O2/c1-12-2-8-16(9-3-12)25-10-14(11-26)18(24-25)23-15-6-4-13(5-7-15)17(27)19(20,21)22/h4-7,10-12,16-17,27H,2-3,8-9H2,1H3,(H,23,24). The van der Waals surface area contributed by atoms with Gasteiger partial charge >= 0.3 is 6.18 Å². The Balaban J connectivity index is 1.74. The van der Waals surface area contributed by atoms with Crippen molar-refractivity contribution in [1.29, 1.82) is 0 Å². The van der Waals surface area contributed by atoms with Crippen LogP contribution < -0.4 is 5.32 Å². The molecule has 1 heterocycles. The summed E-state index contributed by atoms with van der Waals surface area (Å²) in [6, 6.07) is 5.47. The van der Waals surface area contributed by atoms with Gasteiger partial charge in [-0.3, -0.25) is 9.48 Å². The maximum Gasteiger partial charge on any atom is 0.418 e. The van der Waals surface area contributed by atoms with Crippen LogP contribution in [0, 0.1) is 5.92 Å². The van der Waals surface area contributed by atoms with E-state index >= 15 is 0 Å². The number of aldehydes is 1. The largest absolute Gasteiger partial charge is 0.418 e. The van der Waals surface area contributed by atoms with Gasteiger partial charge in [0.2, 0.25) is 0 Å². The molecule has 2 N–H and O–H groups in total. The number of benzene rings is 1. The number of anilines is 2. The number of aliphatic hydroxyl groups excluding tert-OH is 1. The second kappa shape index (κ2) is 7.72. The third-order valence-electron chi connectivity index (χ3n) is 5.05. The summed E-state index contributed by atoms with van der Waals surface area (Å²) in [5.41, 5.74) is 0.636. The predicted molar refractivity (Wildman–Crippen MR) is 95.0 cm³/mol. The van der Waals surface area contributed by atoms with E-state index in [-0.39, 0.29) is 11.6 Å². The number of halogens is 3. The van der Waals surface area contributed by atoms with Crippen molar-refractivity contribution in [2.24, 2.45) is 5.92 Å². The lowest BCUT2D eigenvalue weighted by molar-refractivity contribution is -0.206. The minimum absolute atomic E-state index is 0.245. The van der Waals surface area contributed by atoms with Crippen LogP contribution in [-0.2, 0) is 0 Å². The number of carbonyl (C=O) groups is 1. The first-order valence-electron chi connectivity index (χ1n) is 8.94. The van der Waals surface area contributed by atoms with Crippen molar-refractivity contribution in [3.63, 3.8) is 0 Å². The minimum Gasteiger partial charge on any atom is -0.379 e. The van der Waals surface area contributed by atoms with Gasteiger partial charge in [-0.2, -0.15) is 18.3 Å². The highest BCUT2D eigenvalue weighted by Crippen LogP contribution is 2.34. The van der Waals surface area contributed by atoms with Crippen molar-refractivity contribution >= 4 is 17.8 Å². The number of carbonyl (C=O) groups excluding carboxylic acids is 1. The van der Waals surface area contributed by atoms with Gasteiger partial charge in [0, 0.05) is 11.9 Å². The van der Waals surface area contributed by atoms with Crippen LogP contribution >= 0.6 is 0 Å². The van der Waals surface area contributed by atoms with Gasteiger partial charge in [0.15, 0.2) is 18.2 Å². The molecule has 1 saturated carbocycles. The van der Waals surface area contributed by atoms with Crippen molar-refractivity contribution < 1.29 is 23.1 Å². The van der Waals surface area contributed by atoms with E-state index in [1.165, 1.54) is 24.3 Å². The van der Waals surface area contributed by atoms with Crippen LogP contribution in [0.5, 0.6) is 0 Å². The lowest BCUT2D eigenvalue weighted by Crippen LogP contribution is -2.20. The zero-order valence-electron chi connectivity index (χ0n) is 14.9. The van der Waals surface area contributed by atoms with Gasteiger partial charge in [-0.05, 0) is 49.3 Å². The highest BCUT2D eigenvalue weighted by Gasteiger charge is 2.39. The monoisotopic (exact) mass is 381 g/mol. The molecule has 2 aromatic rings. The highest BCUT2D eigenvalue weighted by molar-refractivity contribution is 5.83. The van der Waals surface area contributed by atoms with Crippen molar-refractivity contribution in [3.8, 4) is 0 Å². The molecule has 1 aliphatic rings. The fraction of sp³-hybridized carbons (Fsp3) is 0.474. The molecule has 1 atom stereocenters. The van der Waals surface area contributed by atoms with Gasteiger partial charge < -0.3 is 10.4 Å². The number of rotatable bonds is 5. The summed E-state index contributed by atoms with van der Waals surface area (Å²) in [5.74, 6) is 1.07. The normalized spacial score (nSPS) is 21.7. The Morgan fingerprint density at radius 1 is 1.22 bits per heavy atom. The molecule has 0 bridgehead atoms. The lowest BCUT2D eigenvalue weighted by Gasteiger charge is -2.26. The number of nitrogens with zero attached hydrogens (tertiary/aromatic N) is 2. The summed E-state index contributed by atoms with van der Waals surface area (Å²) < 4.78 is 39.5. The average molecular weight is 381 g/mol. The minimum atomic E-state index is -4.71. The van der Waals surface area contributed by atoms with Crippen LogP contribution in [0.2, 0.25) is 0 Å². The van der Waals surface area contributed by atoms with Crippen LogP contribution in [-0.4, -0.2) is 27.3 Å². The van der Waals surface area contributed by atoms with Gasteiger partial charge in [0.25, 0.3) is 0 Å². The summed E-state index contributed by atoms with van der Waals surface area (Å²) in [6.07, 6.45) is -0.577. The Hall–Kier alpha value is -2.35. The number of hydrogen-bond donors (Lipinski definition) is 2. The van der Waals surface area contributed by atoms with E-state index in [2.05, 4.69) is 17.3 Å². The average Bonchev–Trinajstić information content (AvgIpc) is 3.04. The predicted octanol–water partition coefficient (Wildman–Crippen LogP) is 4.79. The summed E-state index contributed by atoms with van der Waals surface area (Å²) in [7, 11) is 0. The summed E-state index contributed by atoms with van der Waals surface area (Å²) in [4.78, 5) is 11.4. The third kappa shape index (κ3) is 4.50. The quantitative estimate of drug-likeness (QED) is 0.731. The van der Waals surface area contributed by atoms with Gasteiger partial charge in [0.05, 0.1) is 11.6 Å². The molecular weight excluding hydrogens is 359 g/mol. The molecule has 1 aromatic carbocycles. The van der Waals surface area contributed by atoms with Crippen LogP contribution in [0.1, 0.15) is 60.7 Å². The smallest absolute Gasteiger partial charge is 0.379 e. The van der Waals surface area contributed by atoms with Crippen LogP contribution in [0.3, 0.4) is 0 Å². The van der Waals surface area contributed by atoms with Crippen LogP contribution in [0.25, 0.3) is 0 Å². The highest BCUT2D eigenvalue weighted by atomic mass is 19.4. The SMILES string of the molecule is CC1CCC(n2cc(C=O)c(Nc3ccc(C(O)C(F)(F)F)cc3)n2)CC1. The van der Waals surface area contributed by atoms with Gasteiger partial charge in [0.1, 0.15) is 0 Å². The molecule has 0 radical (unpaired) electrons. The molecule has 146 valence electrons. The number of aliphatic hydroxyl groups is 1. The number of hydrogen-bond acceptors (Lipinski definition) is 4. The zero-order chi connectivity index (χ0) is 19.6. The van der Waals surface area contributed by atoms with Crippen LogP contribution in [0.4, 0.5) is 24.7 Å². The van der Waals surface area contributed by atoms with Crippen LogP contribution in [0.15, 0.2) is 30.5 Å². The molecule has 1 aliphatic carbocycles. The summed E-state index contributed by atoms with van der Waals surface area (Å²) in [6.45, 7) is 2.22. The molecule has 0 aliphatic heterocycles. The van der Waals surface area contributed by atoms with Gasteiger partial charge in [-0.1, -0.05) is 19.1 Å². The molecule has 1 fully saturated rings. The van der Waals surface area contributed by atoms with Crippen molar-refractivity contribution in [1.82, 2.24) is 9.78 Å². The molecule has 1 aromatic heterocycles. The van der Waals surface area contributed by atoms with E-state index < -0.39 is 12.3 Å². The summed E-state index contributed by atoms with van der Waals surface area (Å²) >= 11 is 0. The third-order valence-corrected chi connectivity index (χ3v) is 5.05. The maximum absolute atomic E-state index is 12.6. The molecule has 0 spiro atoms. The van der Waals surface area contributed by atoms with E-state index in [0.29, 0.717) is 29.3 Å². The number of alkyl halides is 3. The molecule has 0 amide bonds. The molecule has 27 heavy (non-hydrogen) atoms. The number of nitrogens with one attached hydrogen (secondary N) is 1. The van der Waals surface area contributed by atoms with E-state index in [9.17, 15) is 23.1 Å². The second-order valence-electron chi connectivity index (χ2n) is 7.14. The zero-order valence-corrected chi connectivity index (χ0v) is 14.9. The van der Waals surface area contributed by atoms with Crippen molar-refractivity contribution in [3.05, 3.63) is 41.6 Å². The van der Waals surface area contributed by atoms with Crippen molar-refractivity contribution in [2.45, 2.75) is 50.9 Å². The molecule has 1 unspecified atom stereocenters. The lowest BCUT2D eigenvalue weighted by atomic mass is 9.87. The number of aromatic nitrogens is 2. The first-order valence-corrected chi connectivity index (χ1v) is 8.94. The Bertz CT molecular complexity index is 778. The fourth-order valence-electron chi connectivity index (χ4n) is 3.36. The first kappa shape index (κ1) is 19.4. The maximum atomic E-state index is 12.6. The molecule has 3 rings (SSSR count). The molecule has 0 saturated heterocycles. The van der Waals surface area contributed by atoms with E-state index in [1.807, 2.05) is 0 Å². The Labute approximate surface area is 155 Å². The Morgan fingerprint density at radius 3 is 2.41 bits per heavy atom. The first-order chi connectivity index (χ1) is 12.8. The van der Waals surface area contributed by atoms with Gasteiger partial charge in [-0.15, -0.1) is 0 Å². The van der Waals surface area contributed by atoms with E-state index in [4.69, 9.17) is 0 Å². The van der Waals surface area contributed by atoms with Gasteiger partial charge in [-0.25, -0.2) is 0 Å². The molecular formula is C19H22F3N3O2. The molecule has 5 nitrogen and oxygen atoms in total. The topological polar surface area (TPSA) is 67.2 Å². The van der Waals surface area contributed by atoms with E-state index in [0.717, 1.165) is 25.7 Å². The molecule has 8 heteroatoms. The Morgan fingerprint density at radius 2 is 1.85 bits per heavy atom. The fourth-order valence-corrected chi connectivity index (χ4v) is 3.36. The second-order valence-corrected chi connectivity index (χ2v) is 7.14. The Kier molecular flexibility index (Phi) is 5.55.